The topological polar surface area (TPSA) is 63.7 Å². The predicted octanol–water partition coefficient (Wildman–Crippen LogP) is 5.50. The molecule has 1 heterocycles. The lowest BCUT2D eigenvalue weighted by Gasteiger charge is -2.40. The first kappa shape index (κ1) is 22.8. The second-order valence-corrected chi connectivity index (χ2v) is 9.64. The highest BCUT2D eigenvalue weighted by Crippen LogP contribution is 2.33. The molecule has 0 unspecified atom stereocenters. The van der Waals surface area contributed by atoms with E-state index < -0.39 is 22.0 Å². The minimum Gasteiger partial charge on any atom is -0.445 e. The van der Waals surface area contributed by atoms with Crippen LogP contribution in [0.25, 0.3) is 0 Å². The normalized spacial score (nSPS) is 18.9. The van der Waals surface area contributed by atoms with Crippen LogP contribution in [0.2, 0.25) is 0 Å². The second-order valence-electron chi connectivity index (χ2n) is 7.64. The number of carbonyl (C=O) groups excluding carboxylic acids is 1. The summed E-state index contributed by atoms with van der Waals surface area (Å²) < 4.78 is 32.1. The molecule has 31 heavy (non-hydrogen) atoms. The molecule has 0 saturated heterocycles. The number of sulfone groups is 1. The molecule has 0 fully saturated rings. The monoisotopic (exact) mass is 439 g/mol. The summed E-state index contributed by atoms with van der Waals surface area (Å²) in [5.74, 6) is 0. The van der Waals surface area contributed by atoms with E-state index >= 15 is 0 Å². The Balaban J connectivity index is 1.89. The Morgan fingerprint density at radius 2 is 1.77 bits per heavy atom. The van der Waals surface area contributed by atoms with Gasteiger partial charge in [0, 0.05) is 17.4 Å². The van der Waals surface area contributed by atoms with Crippen molar-refractivity contribution >= 4 is 15.9 Å². The summed E-state index contributed by atoms with van der Waals surface area (Å²) in [5.41, 5.74) is 0.906. The largest absolute Gasteiger partial charge is 0.445 e. The molecule has 0 saturated carbocycles. The highest BCUT2D eigenvalue weighted by atomic mass is 32.2. The minimum atomic E-state index is -3.62. The SMILES string of the molecule is C=CC[C@H]1C=C(S(=O)(=O)c2ccccc2)C[C@@H](CCC)N1C(=O)OCc1ccccc1. The predicted molar refractivity (Wildman–Crippen MR) is 122 cm³/mol. The third-order valence-electron chi connectivity index (χ3n) is 5.41. The van der Waals surface area contributed by atoms with Crippen LogP contribution >= 0.6 is 0 Å². The number of hydrogen-bond acceptors (Lipinski definition) is 4. The summed E-state index contributed by atoms with van der Waals surface area (Å²) in [4.78, 5) is 15.4. The molecule has 0 aromatic heterocycles. The molecule has 6 heteroatoms. The van der Waals surface area contributed by atoms with Crippen LogP contribution in [0.3, 0.4) is 0 Å². The lowest BCUT2D eigenvalue weighted by Crippen LogP contribution is -2.49. The Morgan fingerprint density at radius 3 is 2.39 bits per heavy atom. The van der Waals surface area contributed by atoms with Crippen molar-refractivity contribution in [3.63, 3.8) is 0 Å². The Hall–Kier alpha value is -2.86. The average molecular weight is 440 g/mol. The zero-order chi connectivity index (χ0) is 22.3. The number of rotatable bonds is 8. The first-order chi connectivity index (χ1) is 15.0. The van der Waals surface area contributed by atoms with E-state index in [4.69, 9.17) is 4.74 Å². The van der Waals surface area contributed by atoms with Crippen LogP contribution < -0.4 is 0 Å². The van der Waals surface area contributed by atoms with Crippen molar-refractivity contribution < 1.29 is 17.9 Å². The van der Waals surface area contributed by atoms with Gasteiger partial charge in [0.15, 0.2) is 0 Å². The number of nitrogens with zero attached hydrogens (tertiary/aromatic N) is 1. The Morgan fingerprint density at radius 1 is 1.13 bits per heavy atom. The van der Waals surface area contributed by atoms with Crippen LogP contribution in [0.4, 0.5) is 4.79 Å². The van der Waals surface area contributed by atoms with E-state index in [1.165, 1.54) is 0 Å². The first-order valence-electron chi connectivity index (χ1n) is 10.6. The molecule has 0 aliphatic carbocycles. The lowest BCUT2D eigenvalue weighted by atomic mass is 9.97. The van der Waals surface area contributed by atoms with Gasteiger partial charge in [0.05, 0.1) is 10.9 Å². The molecule has 1 aliphatic heterocycles. The van der Waals surface area contributed by atoms with Crippen molar-refractivity contribution in [2.24, 2.45) is 0 Å². The maximum atomic E-state index is 13.2. The van der Waals surface area contributed by atoms with Crippen molar-refractivity contribution in [2.45, 2.75) is 56.2 Å². The Labute approximate surface area is 185 Å². The van der Waals surface area contributed by atoms with Gasteiger partial charge in [-0.25, -0.2) is 13.2 Å². The summed E-state index contributed by atoms with van der Waals surface area (Å²) in [6, 6.07) is 17.3. The van der Waals surface area contributed by atoms with Crippen LogP contribution in [0.5, 0.6) is 0 Å². The van der Waals surface area contributed by atoms with Crippen LogP contribution in [-0.4, -0.2) is 31.5 Å². The lowest BCUT2D eigenvalue weighted by molar-refractivity contribution is 0.0640. The van der Waals surface area contributed by atoms with E-state index in [1.807, 2.05) is 37.3 Å². The van der Waals surface area contributed by atoms with E-state index in [0.717, 1.165) is 12.0 Å². The van der Waals surface area contributed by atoms with Gasteiger partial charge in [0.1, 0.15) is 6.61 Å². The molecule has 1 amide bonds. The van der Waals surface area contributed by atoms with Crippen molar-refractivity contribution in [1.82, 2.24) is 4.90 Å². The van der Waals surface area contributed by atoms with Gasteiger partial charge in [0.25, 0.3) is 0 Å². The highest BCUT2D eigenvalue weighted by Gasteiger charge is 2.38. The van der Waals surface area contributed by atoms with Crippen LogP contribution in [0.15, 0.2) is 89.2 Å². The van der Waals surface area contributed by atoms with E-state index in [0.29, 0.717) is 17.7 Å². The van der Waals surface area contributed by atoms with E-state index in [2.05, 4.69) is 6.58 Å². The molecule has 2 aromatic carbocycles. The molecular weight excluding hydrogens is 410 g/mol. The van der Waals surface area contributed by atoms with E-state index in [-0.39, 0.29) is 24.0 Å². The van der Waals surface area contributed by atoms with Gasteiger partial charge < -0.3 is 4.74 Å². The van der Waals surface area contributed by atoms with Gasteiger partial charge in [-0.15, -0.1) is 6.58 Å². The summed E-state index contributed by atoms with van der Waals surface area (Å²) >= 11 is 0. The van der Waals surface area contributed by atoms with Crippen LogP contribution in [0, 0.1) is 0 Å². The van der Waals surface area contributed by atoms with Gasteiger partial charge in [-0.05, 0) is 36.6 Å². The summed E-state index contributed by atoms with van der Waals surface area (Å²) in [5, 5.41) is 0. The minimum absolute atomic E-state index is 0.175. The van der Waals surface area contributed by atoms with Crippen molar-refractivity contribution in [2.75, 3.05) is 0 Å². The third-order valence-corrected chi connectivity index (χ3v) is 7.30. The van der Waals surface area contributed by atoms with Gasteiger partial charge in [-0.1, -0.05) is 68.0 Å². The average Bonchev–Trinajstić information content (AvgIpc) is 2.79. The number of carbonyl (C=O) groups is 1. The zero-order valence-corrected chi connectivity index (χ0v) is 18.6. The molecule has 0 radical (unpaired) electrons. The van der Waals surface area contributed by atoms with Crippen molar-refractivity contribution in [3.8, 4) is 0 Å². The van der Waals surface area contributed by atoms with Crippen LogP contribution in [0.1, 0.15) is 38.2 Å². The zero-order valence-electron chi connectivity index (χ0n) is 17.8. The first-order valence-corrected chi connectivity index (χ1v) is 12.1. The molecule has 3 rings (SSSR count). The molecule has 5 nitrogen and oxygen atoms in total. The molecule has 0 bridgehead atoms. The van der Waals surface area contributed by atoms with Gasteiger partial charge in [0.2, 0.25) is 9.84 Å². The Bertz CT molecular complexity index is 1020. The second kappa shape index (κ2) is 10.4. The number of benzene rings is 2. The maximum absolute atomic E-state index is 13.2. The number of ether oxygens (including phenoxy) is 1. The standard InChI is InChI=1S/C25H29NO4S/c1-3-11-21-17-24(31(28,29)23-15-9-6-10-16-23)18-22(12-4-2)26(21)25(27)30-19-20-13-7-5-8-14-20/h3,5-10,13-17,21-22H,1,4,11-12,18-19H2,2H3/t21-,22+/m0/s1. The smallest absolute Gasteiger partial charge is 0.410 e. The fourth-order valence-electron chi connectivity index (χ4n) is 3.92. The molecule has 1 aliphatic rings. The molecule has 164 valence electrons. The third kappa shape index (κ3) is 5.44. The summed E-state index contributed by atoms with van der Waals surface area (Å²) in [6.45, 7) is 6.00. The number of amides is 1. The fraction of sp³-hybridized carbons (Fsp3) is 0.320. The molecule has 0 spiro atoms. The maximum Gasteiger partial charge on any atom is 0.410 e. The van der Waals surface area contributed by atoms with Crippen LogP contribution in [-0.2, 0) is 21.2 Å². The highest BCUT2D eigenvalue weighted by molar-refractivity contribution is 7.95. The number of hydrogen-bond donors (Lipinski definition) is 0. The van der Waals surface area contributed by atoms with Gasteiger partial charge in [-0.3, -0.25) is 4.90 Å². The molecule has 2 aromatic rings. The molecular formula is C25H29NO4S. The van der Waals surface area contributed by atoms with E-state index in [1.54, 1.807) is 47.4 Å². The van der Waals surface area contributed by atoms with Crippen molar-refractivity contribution in [3.05, 3.63) is 89.9 Å². The molecule has 2 atom stereocenters. The fourth-order valence-corrected chi connectivity index (χ4v) is 5.49. The molecule has 0 N–H and O–H groups in total. The van der Waals surface area contributed by atoms with E-state index in [9.17, 15) is 13.2 Å². The Kier molecular flexibility index (Phi) is 7.69. The van der Waals surface area contributed by atoms with Crippen molar-refractivity contribution in [1.29, 1.82) is 0 Å². The van der Waals surface area contributed by atoms with Gasteiger partial charge in [-0.2, -0.15) is 0 Å². The summed E-state index contributed by atoms with van der Waals surface area (Å²) in [6.07, 6.45) is 5.22. The quantitative estimate of drug-likeness (QED) is 0.510. The summed E-state index contributed by atoms with van der Waals surface area (Å²) in [7, 11) is -3.62. The van der Waals surface area contributed by atoms with Gasteiger partial charge >= 0.3 is 6.09 Å².